The fourth-order valence-corrected chi connectivity index (χ4v) is 8.21. The lowest BCUT2D eigenvalue weighted by atomic mass is 9.87. The molecule has 4 atom stereocenters. The third kappa shape index (κ3) is 7.06. The van der Waals surface area contributed by atoms with E-state index in [4.69, 9.17) is 0 Å². The van der Waals surface area contributed by atoms with Crippen LogP contribution >= 0.6 is 11.3 Å². The van der Waals surface area contributed by atoms with Gasteiger partial charge in [-0.25, -0.2) is 18.2 Å². The van der Waals surface area contributed by atoms with E-state index in [1.165, 1.54) is 17.0 Å². The highest BCUT2D eigenvalue weighted by Crippen LogP contribution is 2.44. The number of piperidine rings is 1. The monoisotopic (exact) mass is 599 g/mol. The quantitative estimate of drug-likeness (QED) is 0.274. The molecule has 1 N–H and O–H groups in total. The maximum absolute atomic E-state index is 14.2. The molecular formula is C33H40F3N3O2S. The summed E-state index contributed by atoms with van der Waals surface area (Å²) < 4.78 is 41.1. The second-order valence-electron chi connectivity index (χ2n) is 12.4. The van der Waals surface area contributed by atoms with E-state index in [1.54, 1.807) is 29.5 Å². The van der Waals surface area contributed by atoms with Crippen molar-refractivity contribution < 1.29 is 23.1 Å². The summed E-state index contributed by atoms with van der Waals surface area (Å²) in [6.07, 6.45) is 6.16. The highest BCUT2D eigenvalue weighted by molar-refractivity contribution is 7.11. The van der Waals surface area contributed by atoms with Gasteiger partial charge in [0.15, 0.2) is 11.6 Å². The Morgan fingerprint density at radius 3 is 2.52 bits per heavy atom. The Labute approximate surface area is 250 Å². The van der Waals surface area contributed by atoms with Crippen molar-refractivity contribution in [1.29, 1.82) is 0 Å². The molecule has 3 aromatic rings. The summed E-state index contributed by atoms with van der Waals surface area (Å²) in [5.41, 5.74) is 1.71. The maximum Gasteiger partial charge on any atom is 0.321 e. The molecule has 2 fully saturated rings. The molecule has 1 aromatic heterocycles. The molecule has 0 amide bonds. The van der Waals surface area contributed by atoms with Crippen LogP contribution in [0, 0.1) is 29.3 Å². The standard InChI is InChI=1S/C33H40F3N3O2S/c1-20(2)32(33(40)41)38(3)26-16-24(27(17-26)23-5-4-6-25(34)15-23)19-39-11-9-22(10-12-39)30-18-37-31(42-30)14-21-7-8-28(35)29(36)13-21/h4-8,13,15,18,20,22,24,26-27,32H,9-12,14,16-17,19H2,1-3H3,(H,40,41)/t24?,26?,27?,32-/m1/s1. The summed E-state index contributed by atoms with van der Waals surface area (Å²) in [5.74, 6) is -1.81. The first kappa shape index (κ1) is 30.7. The van der Waals surface area contributed by atoms with Crippen LogP contribution in [0.3, 0.4) is 0 Å². The first-order valence-corrected chi connectivity index (χ1v) is 15.7. The van der Waals surface area contributed by atoms with E-state index in [1.807, 2.05) is 38.1 Å². The summed E-state index contributed by atoms with van der Waals surface area (Å²) in [6, 6.07) is 10.5. The Kier molecular flexibility index (Phi) is 9.70. The Bertz CT molecular complexity index is 1370. The number of halogens is 3. The molecule has 1 saturated carbocycles. The smallest absolute Gasteiger partial charge is 0.321 e. The molecule has 0 bridgehead atoms. The molecule has 2 heterocycles. The minimum atomic E-state index is -0.840. The fourth-order valence-electron chi connectivity index (χ4n) is 7.08. The van der Waals surface area contributed by atoms with Gasteiger partial charge in [0, 0.05) is 30.1 Å². The van der Waals surface area contributed by atoms with Gasteiger partial charge in [0.2, 0.25) is 0 Å². The second kappa shape index (κ2) is 13.3. The second-order valence-corrected chi connectivity index (χ2v) is 13.5. The number of benzene rings is 2. The lowest BCUT2D eigenvalue weighted by molar-refractivity contribution is -0.145. The van der Waals surface area contributed by atoms with E-state index < -0.39 is 23.6 Å². The van der Waals surface area contributed by atoms with Crippen LogP contribution in [-0.4, -0.2) is 64.6 Å². The average Bonchev–Trinajstić information content (AvgIpc) is 3.58. The van der Waals surface area contributed by atoms with Crippen LogP contribution in [0.4, 0.5) is 13.2 Å². The molecule has 42 heavy (non-hydrogen) atoms. The number of likely N-dealkylation sites (N-methyl/N-ethyl adjacent to an activating group) is 1. The first-order valence-electron chi connectivity index (χ1n) is 14.9. The number of carboxylic acid groups (broad SMARTS) is 1. The lowest BCUT2D eigenvalue weighted by Gasteiger charge is -2.35. The number of nitrogens with zero attached hydrogens (tertiary/aromatic N) is 3. The zero-order valence-electron chi connectivity index (χ0n) is 24.5. The molecule has 5 rings (SSSR count). The van der Waals surface area contributed by atoms with Crippen molar-refractivity contribution in [3.63, 3.8) is 0 Å². The zero-order valence-corrected chi connectivity index (χ0v) is 25.3. The molecule has 226 valence electrons. The fraction of sp³-hybridized carbons (Fsp3) is 0.515. The minimum absolute atomic E-state index is 0.0117. The van der Waals surface area contributed by atoms with Crippen molar-refractivity contribution in [3.05, 3.63) is 87.1 Å². The van der Waals surface area contributed by atoms with Crippen LogP contribution in [0.15, 0.2) is 48.7 Å². The maximum atomic E-state index is 14.2. The molecule has 2 aliphatic rings. The van der Waals surface area contributed by atoms with Crippen molar-refractivity contribution in [1.82, 2.24) is 14.8 Å². The van der Waals surface area contributed by atoms with Crippen molar-refractivity contribution in [2.45, 2.75) is 69.9 Å². The zero-order chi connectivity index (χ0) is 30.0. The van der Waals surface area contributed by atoms with Gasteiger partial charge in [-0.15, -0.1) is 11.3 Å². The molecule has 0 spiro atoms. The summed E-state index contributed by atoms with van der Waals surface area (Å²) in [4.78, 5) is 22.4. The number of carbonyl (C=O) groups is 1. The van der Waals surface area contributed by atoms with Gasteiger partial charge < -0.3 is 10.0 Å². The number of rotatable bonds is 10. The number of thiazole rings is 1. The third-order valence-corrected chi connectivity index (χ3v) is 10.4. The summed E-state index contributed by atoms with van der Waals surface area (Å²) >= 11 is 1.65. The van der Waals surface area contributed by atoms with E-state index in [0.717, 1.165) is 62.0 Å². The molecule has 2 aromatic carbocycles. The summed E-state index contributed by atoms with van der Waals surface area (Å²) in [5, 5.41) is 10.8. The van der Waals surface area contributed by atoms with E-state index >= 15 is 0 Å². The van der Waals surface area contributed by atoms with E-state index in [2.05, 4.69) is 9.88 Å². The molecule has 0 radical (unpaired) electrons. The summed E-state index contributed by atoms with van der Waals surface area (Å²) in [6.45, 7) is 6.71. The number of aromatic nitrogens is 1. The van der Waals surface area contributed by atoms with Gasteiger partial charge in [-0.2, -0.15) is 0 Å². The average molecular weight is 600 g/mol. The van der Waals surface area contributed by atoms with Gasteiger partial charge in [-0.3, -0.25) is 9.69 Å². The SMILES string of the molecule is CC(C)[C@H](C(=O)O)N(C)C1CC(CN2CCC(c3cnc(Cc4ccc(F)c(F)c4)s3)CC2)C(c2cccc(F)c2)C1. The van der Waals surface area contributed by atoms with Crippen LogP contribution in [-0.2, 0) is 11.2 Å². The first-order chi connectivity index (χ1) is 20.1. The normalized spacial score (nSPS) is 22.7. The molecule has 1 aliphatic heterocycles. The molecule has 1 saturated heterocycles. The number of aliphatic carboxylic acids is 1. The van der Waals surface area contributed by atoms with Gasteiger partial charge in [-0.05, 0) is 105 Å². The Balaban J connectivity index is 1.22. The number of likely N-dealkylation sites (tertiary alicyclic amines) is 1. The highest BCUT2D eigenvalue weighted by Gasteiger charge is 2.41. The van der Waals surface area contributed by atoms with Gasteiger partial charge >= 0.3 is 5.97 Å². The highest BCUT2D eigenvalue weighted by atomic mass is 32.1. The Hall–Kier alpha value is -2.75. The lowest BCUT2D eigenvalue weighted by Crippen LogP contribution is -2.47. The molecule has 5 nitrogen and oxygen atoms in total. The van der Waals surface area contributed by atoms with Crippen LogP contribution in [0.1, 0.15) is 72.4 Å². The summed E-state index contributed by atoms with van der Waals surface area (Å²) in [7, 11) is 1.93. The van der Waals surface area contributed by atoms with Gasteiger partial charge in [0.25, 0.3) is 0 Å². The van der Waals surface area contributed by atoms with E-state index in [0.29, 0.717) is 23.8 Å². The largest absolute Gasteiger partial charge is 0.480 e. The number of hydrogen-bond acceptors (Lipinski definition) is 5. The predicted molar refractivity (Wildman–Crippen MR) is 159 cm³/mol. The van der Waals surface area contributed by atoms with Crippen LogP contribution in [0.5, 0.6) is 0 Å². The predicted octanol–water partition coefficient (Wildman–Crippen LogP) is 6.93. The Morgan fingerprint density at radius 1 is 1.10 bits per heavy atom. The third-order valence-electron chi connectivity index (χ3n) is 9.24. The van der Waals surface area contributed by atoms with Gasteiger partial charge in [0.05, 0.1) is 5.01 Å². The Morgan fingerprint density at radius 2 is 1.86 bits per heavy atom. The molecule has 3 unspecified atom stereocenters. The van der Waals surface area contributed by atoms with Crippen LogP contribution in [0.25, 0.3) is 0 Å². The van der Waals surface area contributed by atoms with Gasteiger partial charge in [-0.1, -0.05) is 32.0 Å². The van der Waals surface area contributed by atoms with Crippen molar-refractivity contribution in [2.75, 3.05) is 26.7 Å². The molecule has 1 aliphatic carbocycles. The van der Waals surface area contributed by atoms with E-state index in [9.17, 15) is 23.1 Å². The number of hydrogen-bond donors (Lipinski definition) is 1. The van der Waals surface area contributed by atoms with Crippen molar-refractivity contribution >= 4 is 17.3 Å². The topological polar surface area (TPSA) is 56.7 Å². The van der Waals surface area contributed by atoms with E-state index in [-0.39, 0.29) is 23.7 Å². The molecule has 9 heteroatoms. The van der Waals surface area contributed by atoms with Crippen LogP contribution < -0.4 is 0 Å². The number of carboxylic acids is 1. The van der Waals surface area contributed by atoms with Gasteiger partial charge in [0.1, 0.15) is 11.9 Å². The minimum Gasteiger partial charge on any atom is -0.480 e. The van der Waals surface area contributed by atoms with Crippen molar-refractivity contribution in [3.8, 4) is 0 Å². The van der Waals surface area contributed by atoms with Crippen molar-refractivity contribution in [2.24, 2.45) is 11.8 Å². The molecular weight excluding hydrogens is 559 g/mol. The van der Waals surface area contributed by atoms with Crippen LogP contribution in [0.2, 0.25) is 0 Å².